The average Bonchev–Trinajstić information content (AvgIpc) is 3.40. The van der Waals surface area contributed by atoms with E-state index in [9.17, 15) is 0 Å². The summed E-state index contributed by atoms with van der Waals surface area (Å²) in [6.07, 6.45) is 6.08. The van der Waals surface area contributed by atoms with Crippen molar-refractivity contribution < 1.29 is 0 Å². The second-order valence-corrected chi connectivity index (χ2v) is 8.56. The van der Waals surface area contributed by atoms with Gasteiger partial charge in [0.15, 0.2) is 5.65 Å². The first-order chi connectivity index (χ1) is 14.7. The molecule has 6 rings (SSSR count). The Labute approximate surface area is 179 Å². The minimum absolute atomic E-state index is 0.298. The number of nitrogens with zero attached hydrogens (tertiary/aromatic N) is 5. The number of imidazole rings is 1. The zero-order chi connectivity index (χ0) is 20.1. The lowest BCUT2D eigenvalue weighted by Crippen LogP contribution is -2.52. The van der Waals surface area contributed by atoms with Crippen molar-refractivity contribution in [3.05, 3.63) is 65.9 Å². The minimum Gasteiger partial charge on any atom is -0.353 e. The van der Waals surface area contributed by atoms with Gasteiger partial charge in [-0.1, -0.05) is 23.7 Å². The fourth-order valence-electron chi connectivity index (χ4n) is 4.32. The summed E-state index contributed by atoms with van der Waals surface area (Å²) < 4.78 is 2.10. The second-order valence-electron chi connectivity index (χ2n) is 8.13. The van der Waals surface area contributed by atoms with Crippen molar-refractivity contribution in [3.8, 4) is 17.1 Å². The summed E-state index contributed by atoms with van der Waals surface area (Å²) in [7, 11) is 0. The number of aromatic nitrogens is 4. The zero-order valence-electron chi connectivity index (χ0n) is 16.4. The molecule has 0 unspecified atom stereocenters. The van der Waals surface area contributed by atoms with Crippen molar-refractivity contribution in [2.45, 2.75) is 18.4 Å². The highest BCUT2D eigenvalue weighted by atomic mass is 35.5. The lowest BCUT2D eigenvalue weighted by molar-refractivity contribution is 0.440. The van der Waals surface area contributed by atoms with Crippen molar-refractivity contribution in [1.29, 1.82) is 0 Å². The first-order valence-electron chi connectivity index (χ1n) is 10.3. The van der Waals surface area contributed by atoms with Crippen molar-refractivity contribution in [2.75, 3.05) is 24.5 Å². The van der Waals surface area contributed by atoms with Crippen LogP contribution < -0.4 is 10.2 Å². The number of hydrogen-bond acceptors (Lipinski definition) is 5. The lowest BCUT2D eigenvalue weighted by Gasteiger charge is -2.34. The number of benzene rings is 1. The predicted molar refractivity (Wildman–Crippen MR) is 119 cm³/mol. The predicted octanol–water partition coefficient (Wildman–Crippen LogP) is 4.08. The van der Waals surface area contributed by atoms with Crippen LogP contribution in [0.4, 0.5) is 5.82 Å². The number of halogens is 1. The highest BCUT2D eigenvalue weighted by molar-refractivity contribution is 6.30. The first-order valence-corrected chi connectivity index (χ1v) is 10.6. The second kappa shape index (κ2) is 6.79. The molecule has 1 saturated carbocycles. The molecule has 1 saturated heterocycles. The van der Waals surface area contributed by atoms with Crippen LogP contribution in [0.1, 0.15) is 12.8 Å². The van der Waals surface area contributed by atoms with Gasteiger partial charge >= 0.3 is 0 Å². The Balaban J connectivity index is 1.53. The Bertz CT molecular complexity index is 1230. The molecule has 150 valence electrons. The molecule has 4 heterocycles. The van der Waals surface area contributed by atoms with E-state index >= 15 is 0 Å². The van der Waals surface area contributed by atoms with Gasteiger partial charge in [-0.15, -0.1) is 0 Å². The molecule has 1 aliphatic heterocycles. The molecule has 0 bridgehead atoms. The minimum atomic E-state index is 0.298. The molecular weight excluding hydrogens is 396 g/mol. The van der Waals surface area contributed by atoms with Crippen LogP contribution in [0.25, 0.3) is 28.2 Å². The van der Waals surface area contributed by atoms with Crippen molar-refractivity contribution in [3.63, 3.8) is 0 Å². The highest BCUT2D eigenvalue weighted by Crippen LogP contribution is 2.39. The number of piperazine rings is 1. The number of anilines is 1. The van der Waals surface area contributed by atoms with Crippen LogP contribution in [0.2, 0.25) is 5.02 Å². The first kappa shape index (κ1) is 17.9. The Morgan fingerprint density at radius 2 is 1.87 bits per heavy atom. The molecule has 0 amide bonds. The molecule has 1 spiro atoms. The number of fused-ring (bicyclic) bond motifs is 1. The Kier molecular flexibility index (Phi) is 4.04. The van der Waals surface area contributed by atoms with E-state index < -0.39 is 0 Å². The van der Waals surface area contributed by atoms with E-state index in [2.05, 4.69) is 31.9 Å². The zero-order valence-corrected chi connectivity index (χ0v) is 17.2. The van der Waals surface area contributed by atoms with Crippen molar-refractivity contribution >= 4 is 28.6 Å². The van der Waals surface area contributed by atoms with E-state index in [4.69, 9.17) is 21.6 Å². The van der Waals surface area contributed by atoms with Gasteiger partial charge in [-0.2, -0.15) is 0 Å². The van der Waals surface area contributed by atoms with E-state index in [0.717, 1.165) is 53.7 Å². The SMILES string of the molecule is Clc1cccc(-c2nc3ccc(N4CCNC5(CC5)C4)nc3n2-c2ccncc2)c1. The smallest absolute Gasteiger partial charge is 0.167 e. The monoisotopic (exact) mass is 416 g/mol. The van der Waals surface area contributed by atoms with Gasteiger partial charge in [-0.3, -0.25) is 9.55 Å². The summed E-state index contributed by atoms with van der Waals surface area (Å²) in [6, 6.07) is 15.9. The molecule has 0 radical (unpaired) electrons. The summed E-state index contributed by atoms with van der Waals surface area (Å²) in [6.45, 7) is 2.97. The van der Waals surface area contributed by atoms with E-state index in [1.807, 2.05) is 36.4 Å². The van der Waals surface area contributed by atoms with E-state index in [-0.39, 0.29) is 0 Å². The Hall–Kier alpha value is -2.96. The van der Waals surface area contributed by atoms with Crippen LogP contribution in [-0.2, 0) is 0 Å². The van der Waals surface area contributed by atoms with Crippen LogP contribution in [0.15, 0.2) is 60.9 Å². The quantitative estimate of drug-likeness (QED) is 0.545. The van der Waals surface area contributed by atoms with Gasteiger partial charge in [-0.05, 0) is 49.2 Å². The van der Waals surface area contributed by atoms with Crippen LogP contribution in [0, 0.1) is 0 Å². The molecule has 1 aliphatic carbocycles. The summed E-state index contributed by atoms with van der Waals surface area (Å²) in [4.78, 5) is 16.6. The van der Waals surface area contributed by atoms with Gasteiger partial charge in [0.1, 0.15) is 17.2 Å². The third-order valence-corrected chi connectivity index (χ3v) is 6.28. The van der Waals surface area contributed by atoms with Gasteiger partial charge in [-0.25, -0.2) is 9.97 Å². The molecule has 4 aromatic rings. The summed E-state index contributed by atoms with van der Waals surface area (Å²) in [5.41, 5.74) is 3.94. The number of rotatable bonds is 3. The number of hydrogen-bond donors (Lipinski definition) is 1. The van der Waals surface area contributed by atoms with E-state index in [1.54, 1.807) is 12.4 Å². The molecule has 1 aromatic carbocycles. The van der Waals surface area contributed by atoms with Crippen LogP contribution in [0.5, 0.6) is 0 Å². The molecule has 3 aromatic heterocycles. The molecule has 0 atom stereocenters. The maximum Gasteiger partial charge on any atom is 0.167 e. The Morgan fingerprint density at radius 3 is 2.67 bits per heavy atom. The summed E-state index contributed by atoms with van der Waals surface area (Å²) >= 11 is 6.28. The molecule has 2 aliphatic rings. The maximum absolute atomic E-state index is 6.28. The van der Waals surface area contributed by atoms with Crippen molar-refractivity contribution in [2.24, 2.45) is 0 Å². The van der Waals surface area contributed by atoms with Gasteiger partial charge < -0.3 is 10.2 Å². The number of nitrogens with one attached hydrogen (secondary N) is 1. The molecule has 30 heavy (non-hydrogen) atoms. The molecule has 1 N–H and O–H groups in total. The standard InChI is InChI=1S/C23H21ClN6/c24-17-3-1-2-16(14-17)21-27-19-4-5-20(29-13-12-26-23(15-29)8-9-23)28-22(19)30(21)18-6-10-25-11-7-18/h1-7,10-11,14,26H,8-9,12-13,15H2. The van der Waals surface area contributed by atoms with Crippen molar-refractivity contribution in [1.82, 2.24) is 24.8 Å². The average molecular weight is 417 g/mol. The lowest BCUT2D eigenvalue weighted by atomic mass is 10.2. The van der Waals surface area contributed by atoms with Gasteiger partial charge in [0.2, 0.25) is 0 Å². The number of pyridine rings is 2. The van der Waals surface area contributed by atoms with Gasteiger partial charge in [0.05, 0.1) is 5.69 Å². The fourth-order valence-corrected chi connectivity index (χ4v) is 4.51. The third kappa shape index (κ3) is 3.04. The summed E-state index contributed by atoms with van der Waals surface area (Å²) in [5, 5.41) is 4.35. The van der Waals surface area contributed by atoms with Crippen LogP contribution >= 0.6 is 11.6 Å². The molecular formula is C23H21ClN6. The molecule has 2 fully saturated rings. The van der Waals surface area contributed by atoms with Gasteiger partial charge in [0.25, 0.3) is 0 Å². The maximum atomic E-state index is 6.28. The topological polar surface area (TPSA) is 58.9 Å². The van der Waals surface area contributed by atoms with Crippen LogP contribution in [0.3, 0.4) is 0 Å². The largest absolute Gasteiger partial charge is 0.353 e. The molecule has 7 heteroatoms. The highest BCUT2D eigenvalue weighted by Gasteiger charge is 2.45. The normalized spacial score (nSPS) is 17.6. The fraction of sp³-hybridized carbons (Fsp3) is 0.261. The van der Waals surface area contributed by atoms with Gasteiger partial charge in [0, 0.05) is 48.2 Å². The van der Waals surface area contributed by atoms with E-state index in [1.165, 1.54) is 12.8 Å². The summed E-state index contributed by atoms with van der Waals surface area (Å²) in [5.74, 6) is 1.82. The van der Waals surface area contributed by atoms with E-state index in [0.29, 0.717) is 10.6 Å². The molecule has 6 nitrogen and oxygen atoms in total. The van der Waals surface area contributed by atoms with Crippen LogP contribution in [-0.4, -0.2) is 44.7 Å². The Morgan fingerprint density at radius 1 is 1.00 bits per heavy atom. The third-order valence-electron chi connectivity index (χ3n) is 6.05.